The Morgan fingerprint density at radius 2 is 1.65 bits per heavy atom. The van der Waals surface area contributed by atoms with E-state index in [0.717, 1.165) is 6.07 Å². The molecule has 0 bridgehead atoms. The molecular formula is C12H14F5N3. The fraction of sp³-hybridized carbons (Fsp3) is 0.500. The van der Waals surface area contributed by atoms with Crippen molar-refractivity contribution in [2.24, 2.45) is 0 Å². The van der Waals surface area contributed by atoms with E-state index in [1.54, 1.807) is 4.90 Å². The highest BCUT2D eigenvalue weighted by Crippen LogP contribution is 2.28. The van der Waals surface area contributed by atoms with Crippen molar-refractivity contribution in [1.29, 1.82) is 0 Å². The Labute approximate surface area is 112 Å². The average molecular weight is 295 g/mol. The molecule has 3 nitrogen and oxygen atoms in total. The number of hydrogen-bond acceptors (Lipinski definition) is 3. The molecule has 0 unspecified atom stereocenters. The number of piperazine rings is 1. The van der Waals surface area contributed by atoms with E-state index in [-0.39, 0.29) is 37.6 Å². The third kappa shape index (κ3) is 3.50. The molecule has 2 rings (SSSR count). The zero-order valence-corrected chi connectivity index (χ0v) is 10.6. The van der Waals surface area contributed by atoms with Crippen LogP contribution >= 0.6 is 0 Å². The van der Waals surface area contributed by atoms with Gasteiger partial charge in [0.15, 0.2) is 5.82 Å². The van der Waals surface area contributed by atoms with E-state index in [2.05, 4.69) is 0 Å². The molecule has 0 atom stereocenters. The van der Waals surface area contributed by atoms with E-state index >= 15 is 0 Å². The topological polar surface area (TPSA) is 32.5 Å². The van der Waals surface area contributed by atoms with Crippen molar-refractivity contribution in [2.45, 2.75) is 6.18 Å². The Hall–Kier alpha value is -1.57. The highest BCUT2D eigenvalue weighted by Gasteiger charge is 2.32. The quantitative estimate of drug-likeness (QED) is 0.671. The van der Waals surface area contributed by atoms with E-state index < -0.39 is 24.4 Å². The summed E-state index contributed by atoms with van der Waals surface area (Å²) >= 11 is 0. The highest BCUT2D eigenvalue weighted by atomic mass is 19.4. The van der Waals surface area contributed by atoms with Gasteiger partial charge in [0.05, 0.1) is 17.9 Å². The van der Waals surface area contributed by atoms with Gasteiger partial charge in [0.25, 0.3) is 0 Å². The second-order valence-corrected chi connectivity index (χ2v) is 4.70. The first-order valence-electron chi connectivity index (χ1n) is 6.05. The van der Waals surface area contributed by atoms with Gasteiger partial charge in [0.1, 0.15) is 5.82 Å². The van der Waals surface area contributed by atoms with E-state index in [9.17, 15) is 22.0 Å². The molecule has 1 saturated heterocycles. The summed E-state index contributed by atoms with van der Waals surface area (Å²) in [5.74, 6) is -1.62. The van der Waals surface area contributed by atoms with Crippen molar-refractivity contribution in [2.75, 3.05) is 43.4 Å². The molecule has 0 aliphatic carbocycles. The van der Waals surface area contributed by atoms with Crippen molar-refractivity contribution in [1.82, 2.24) is 4.90 Å². The lowest BCUT2D eigenvalue weighted by Crippen LogP contribution is -2.49. The first-order chi connectivity index (χ1) is 9.26. The second-order valence-electron chi connectivity index (χ2n) is 4.70. The monoisotopic (exact) mass is 295 g/mol. The number of halogens is 5. The minimum atomic E-state index is -4.24. The van der Waals surface area contributed by atoms with Crippen LogP contribution in [-0.2, 0) is 0 Å². The molecule has 1 fully saturated rings. The zero-order valence-electron chi connectivity index (χ0n) is 10.6. The number of nitrogens with zero attached hydrogens (tertiary/aromatic N) is 2. The summed E-state index contributed by atoms with van der Waals surface area (Å²) in [5, 5.41) is 0. The smallest absolute Gasteiger partial charge is 0.395 e. The van der Waals surface area contributed by atoms with Gasteiger partial charge in [-0.05, 0) is 6.07 Å². The molecule has 0 amide bonds. The Balaban J connectivity index is 2.04. The van der Waals surface area contributed by atoms with Crippen LogP contribution in [0.5, 0.6) is 0 Å². The maximum Gasteiger partial charge on any atom is 0.401 e. The Morgan fingerprint density at radius 3 is 2.20 bits per heavy atom. The van der Waals surface area contributed by atoms with Gasteiger partial charge in [-0.25, -0.2) is 8.78 Å². The average Bonchev–Trinajstić information content (AvgIpc) is 2.33. The van der Waals surface area contributed by atoms with Gasteiger partial charge < -0.3 is 10.6 Å². The van der Waals surface area contributed by atoms with Crippen LogP contribution in [0.4, 0.5) is 33.3 Å². The van der Waals surface area contributed by atoms with Crippen LogP contribution in [0.25, 0.3) is 0 Å². The van der Waals surface area contributed by atoms with Gasteiger partial charge in [-0.1, -0.05) is 0 Å². The molecule has 0 spiro atoms. The Kier molecular flexibility index (Phi) is 4.03. The molecule has 112 valence electrons. The third-order valence-electron chi connectivity index (χ3n) is 3.19. The largest absolute Gasteiger partial charge is 0.401 e. The maximum absolute atomic E-state index is 13.3. The molecule has 1 aromatic rings. The number of nitrogens with two attached hydrogens (primary N) is 1. The summed E-state index contributed by atoms with van der Waals surface area (Å²) in [4.78, 5) is 2.84. The molecule has 1 aromatic carbocycles. The number of nitrogen functional groups attached to an aromatic ring is 1. The van der Waals surface area contributed by atoms with Crippen molar-refractivity contribution in [3.05, 3.63) is 23.8 Å². The fourth-order valence-corrected chi connectivity index (χ4v) is 2.23. The molecule has 1 heterocycles. The summed E-state index contributed by atoms with van der Waals surface area (Å²) < 4.78 is 63.3. The minimum Gasteiger partial charge on any atom is -0.395 e. The van der Waals surface area contributed by atoms with Gasteiger partial charge in [0, 0.05) is 32.2 Å². The molecule has 0 saturated carbocycles. The van der Waals surface area contributed by atoms with Crippen LogP contribution in [0.1, 0.15) is 0 Å². The number of hydrogen-bond donors (Lipinski definition) is 1. The molecular weight excluding hydrogens is 281 g/mol. The van der Waals surface area contributed by atoms with Gasteiger partial charge in [0.2, 0.25) is 0 Å². The summed E-state index contributed by atoms with van der Waals surface area (Å²) in [6, 6.07) is 1.77. The van der Waals surface area contributed by atoms with Gasteiger partial charge in [-0.2, -0.15) is 13.2 Å². The zero-order chi connectivity index (χ0) is 14.9. The predicted octanol–water partition coefficient (Wildman–Crippen LogP) is 2.23. The standard InChI is InChI=1S/C12H14F5N3/c13-8-5-9(14)11(18)10(6-8)20-3-1-19(2-4-20)7-12(15,16)17/h5-6H,1-4,7,18H2. The van der Waals surface area contributed by atoms with Crippen LogP contribution in [0.3, 0.4) is 0 Å². The fourth-order valence-electron chi connectivity index (χ4n) is 2.23. The molecule has 1 aliphatic rings. The van der Waals surface area contributed by atoms with Crippen molar-refractivity contribution >= 4 is 11.4 Å². The normalized spacial score (nSPS) is 17.6. The first kappa shape index (κ1) is 14.8. The number of anilines is 2. The van der Waals surface area contributed by atoms with Crippen molar-refractivity contribution in [3.63, 3.8) is 0 Å². The molecule has 2 N–H and O–H groups in total. The van der Waals surface area contributed by atoms with Crippen LogP contribution in [0, 0.1) is 11.6 Å². The van der Waals surface area contributed by atoms with Crippen LogP contribution in [0.15, 0.2) is 12.1 Å². The SMILES string of the molecule is Nc1c(F)cc(F)cc1N1CCN(CC(F)(F)F)CC1. The van der Waals surface area contributed by atoms with Gasteiger partial charge in [-0.15, -0.1) is 0 Å². The summed E-state index contributed by atoms with van der Waals surface area (Å²) in [6.07, 6.45) is -4.24. The van der Waals surface area contributed by atoms with Crippen molar-refractivity contribution < 1.29 is 22.0 Å². The molecule has 0 aromatic heterocycles. The Morgan fingerprint density at radius 1 is 1.05 bits per heavy atom. The van der Waals surface area contributed by atoms with Gasteiger partial charge >= 0.3 is 6.18 Å². The molecule has 8 heteroatoms. The highest BCUT2D eigenvalue weighted by molar-refractivity contribution is 5.68. The Bertz CT molecular complexity index is 481. The number of benzene rings is 1. The van der Waals surface area contributed by atoms with Crippen LogP contribution < -0.4 is 10.6 Å². The second kappa shape index (κ2) is 5.43. The van der Waals surface area contributed by atoms with E-state index in [0.29, 0.717) is 6.07 Å². The predicted molar refractivity (Wildman–Crippen MR) is 65.5 cm³/mol. The lowest BCUT2D eigenvalue weighted by atomic mass is 10.2. The summed E-state index contributed by atoms with van der Waals surface area (Å²) in [7, 11) is 0. The lowest BCUT2D eigenvalue weighted by Gasteiger charge is -2.36. The molecule has 1 aliphatic heterocycles. The summed E-state index contributed by atoms with van der Waals surface area (Å²) in [6.45, 7) is -0.172. The van der Waals surface area contributed by atoms with E-state index in [4.69, 9.17) is 5.73 Å². The maximum atomic E-state index is 13.3. The lowest BCUT2D eigenvalue weighted by molar-refractivity contribution is -0.146. The minimum absolute atomic E-state index is 0.164. The molecule has 20 heavy (non-hydrogen) atoms. The van der Waals surface area contributed by atoms with Crippen LogP contribution in [-0.4, -0.2) is 43.8 Å². The van der Waals surface area contributed by atoms with Crippen LogP contribution in [0.2, 0.25) is 0 Å². The first-order valence-corrected chi connectivity index (χ1v) is 6.05. The van der Waals surface area contributed by atoms with E-state index in [1.165, 1.54) is 4.90 Å². The third-order valence-corrected chi connectivity index (χ3v) is 3.19. The number of rotatable bonds is 2. The van der Waals surface area contributed by atoms with Gasteiger partial charge in [-0.3, -0.25) is 4.90 Å². The van der Waals surface area contributed by atoms with E-state index in [1.807, 2.05) is 0 Å². The number of alkyl halides is 3. The summed E-state index contributed by atoms with van der Waals surface area (Å²) in [5.41, 5.74) is 5.55. The van der Waals surface area contributed by atoms with Crippen molar-refractivity contribution in [3.8, 4) is 0 Å². The molecule has 0 radical (unpaired) electrons.